The summed E-state index contributed by atoms with van der Waals surface area (Å²) in [5.74, 6) is 0.957. The Balaban J connectivity index is 1.72. The van der Waals surface area contributed by atoms with E-state index in [0.29, 0.717) is 5.41 Å². The van der Waals surface area contributed by atoms with Gasteiger partial charge in [0, 0.05) is 18.0 Å². The average molecular weight is 231 g/mol. The van der Waals surface area contributed by atoms with Crippen molar-refractivity contribution < 1.29 is 4.74 Å². The summed E-state index contributed by atoms with van der Waals surface area (Å²) in [6, 6.07) is 9.48. The van der Waals surface area contributed by atoms with Crippen LogP contribution in [0.25, 0.3) is 0 Å². The van der Waals surface area contributed by atoms with E-state index in [-0.39, 0.29) is 0 Å². The monoisotopic (exact) mass is 231 g/mol. The number of hydrogen-bond donors (Lipinski definition) is 1. The van der Waals surface area contributed by atoms with E-state index in [2.05, 4.69) is 29.6 Å². The Morgan fingerprint density at radius 2 is 1.94 bits per heavy atom. The summed E-state index contributed by atoms with van der Waals surface area (Å²) >= 11 is 0. The van der Waals surface area contributed by atoms with Gasteiger partial charge in [0.25, 0.3) is 0 Å². The lowest BCUT2D eigenvalue weighted by atomic mass is 9.64. The van der Waals surface area contributed by atoms with E-state index in [1.807, 2.05) is 0 Å². The highest BCUT2D eigenvalue weighted by atomic mass is 16.5. The normalized spacial score (nSPS) is 21.9. The van der Waals surface area contributed by atoms with Gasteiger partial charge >= 0.3 is 0 Å². The molecule has 0 atom stereocenters. The molecule has 1 N–H and O–H groups in total. The lowest BCUT2D eigenvalue weighted by Crippen LogP contribution is -2.44. The topological polar surface area (TPSA) is 21.3 Å². The van der Waals surface area contributed by atoms with Gasteiger partial charge in [0.1, 0.15) is 5.75 Å². The van der Waals surface area contributed by atoms with E-state index in [1.165, 1.54) is 37.7 Å². The molecule has 0 bridgehead atoms. The number of hydrogen-bond acceptors (Lipinski definition) is 2. The van der Waals surface area contributed by atoms with Crippen LogP contribution in [-0.2, 0) is 5.41 Å². The second kappa shape index (κ2) is 4.34. The van der Waals surface area contributed by atoms with Gasteiger partial charge in [-0.2, -0.15) is 0 Å². The summed E-state index contributed by atoms with van der Waals surface area (Å²) in [5.41, 5.74) is 1.90. The van der Waals surface area contributed by atoms with Gasteiger partial charge in [-0.3, -0.25) is 0 Å². The summed E-state index contributed by atoms with van der Waals surface area (Å²) in [4.78, 5) is 0. The summed E-state index contributed by atoms with van der Waals surface area (Å²) in [7, 11) is 1.72. The lowest BCUT2D eigenvalue weighted by molar-refractivity contribution is 0.233. The van der Waals surface area contributed by atoms with E-state index < -0.39 is 0 Å². The van der Waals surface area contributed by atoms with Crippen molar-refractivity contribution in [2.45, 2.75) is 43.6 Å². The van der Waals surface area contributed by atoms with Crippen molar-refractivity contribution >= 4 is 0 Å². The zero-order chi connectivity index (χ0) is 11.7. The number of nitrogens with one attached hydrogen (secondary N) is 1. The van der Waals surface area contributed by atoms with Crippen LogP contribution in [0, 0.1) is 0 Å². The summed E-state index contributed by atoms with van der Waals surface area (Å²) in [6.45, 7) is 1.16. The zero-order valence-electron chi connectivity index (χ0n) is 10.5. The minimum Gasteiger partial charge on any atom is -0.497 e. The van der Waals surface area contributed by atoms with Crippen LogP contribution in [0.4, 0.5) is 0 Å². The van der Waals surface area contributed by atoms with Crippen LogP contribution < -0.4 is 10.1 Å². The molecular formula is C15H21NO. The molecule has 2 nitrogen and oxygen atoms in total. The predicted molar refractivity (Wildman–Crippen MR) is 69.5 cm³/mol. The number of benzene rings is 1. The Morgan fingerprint density at radius 3 is 2.41 bits per heavy atom. The van der Waals surface area contributed by atoms with E-state index in [4.69, 9.17) is 4.74 Å². The highest BCUT2D eigenvalue weighted by Gasteiger charge is 2.39. The van der Waals surface area contributed by atoms with Crippen molar-refractivity contribution in [2.24, 2.45) is 0 Å². The van der Waals surface area contributed by atoms with Gasteiger partial charge < -0.3 is 10.1 Å². The Bertz CT molecular complexity index is 376. The minimum absolute atomic E-state index is 0.412. The first-order valence-corrected chi connectivity index (χ1v) is 6.70. The smallest absolute Gasteiger partial charge is 0.118 e. The standard InChI is InChI=1S/C15H21NO/c1-17-14-7-3-12(4-8-14)15(9-2-10-15)11-16-13-5-6-13/h3-4,7-8,13,16H,2,5-6,9-11H2,1H3. The third kappa shape index (κ3) is 2.19. The largest absolute Gasteiger partial charge is 0.497 e. The molecule has 0 heterocycles. The molecule has 0 spiro atoms. The van der Waals surface area contributed by atoms with Crippen LogP contribution in [0.5, 0.6) is 5.75 Å². The lowest BCUT2D eigenvalue weighted by Gasteiger charge is -2.43. The van der Waals surface area contributed by atoms with Gasteiger partial charge in [0.05, 0.1) is 7.11 Å². The van der Waals surface area contributed by atoms with Crippen LogP contribution in [0.2, 0.25) is 0 Å². The molecule has 0 aromatic heterocycles. The minimum atomic E-state index is 0.412. The fourth-order valence-electron chi connectivity index (χ4n) is 2.74. The quantitative estimate of drug-likeness (QED) is 0.841. The molecule has 2 aliphatic rings. The molecule has 0 unspecified atom stereocenters. The fraction of sp³-hybridized carbons (Fsp3) is 0.600. The first-order valence-electron chi connectivity index (χ1n) is 6.70. The van der Waals surface area contributed by atoms with Crippen molar-refractivity contribution in [1.82, 2.24) is 5.32 Å². The SMILES string of the molecule is COc1ccc(C2(CNC3CC3)CCC2)cc1. The van der Waals surface area contributed by atoms with Gasteiger partial charge in [-0.05, 0) is 43.4 Å². The Morgan fingerprint density at radius 1 is 1.24 bits per heavy atom. The molecule has 0 saturated heterocycles. The van der Waals surface area contributed by atoms with E-state index >= 15 is 0 Å². The number of methoxy groups -OCH3 is 1. The molecule has 3 rings (SSSR count). The predicted octanol–water partition coefficient (Wildman–Crippen LogP) is 2.87. The van der Waals surface area contributed by atoms with Crippen LogP contribution in [0.15, 0.2) is 24.3 Å². The molecule has 2 saturated carbocycles. The van der Waals surface area contributed by atoms with Crippen molar-refractivity contribution in [3.8, 4) is 5.75 Å². The molecule has 2 heteroatoms. The van der Waals surface area contributed by atoms with E-state index in [1.54, 1.807) is 7.11 Å². The summed E-state index contributed by atoms with van der Waals surface area (Å²) < 4.78 is 5.23. The number of rotatable bonds is 5. The van der Waals surface area contributed by atoms with Gasteiger partial charge in [-0.25, -0.2) is 0 Å². The maximum Gasteiger partial charge on any atom is 0.118 e. The molecule has 0 radical (unpaired) electrons. The molecule has 1 aromatic carbocycles. The van der Waals surface area contributed by atoms with Gasteiger partial charge in [0.2, 0.25) is 0 Å². The van der Waals surface area contributed by atoms with Crippen molar-refractivity contribution in [3.05, 3.63) is 29.8 Å². The third-order valence-electron chi connectivity index (χ3n) is 4.32. The third-order valence-corrected chi connectivity index (χ3v) is 4.32. The summed E-state index contributed by atoms with van der Waals surface area (Å²) in [6.07, 6.45) is 6.79. The average Bonchev–Trinajstić information content (AvgIpc) is 3.12. The fourth-order valence-corrected chi connectivity index (χ4v) is 2.74. The Kier molecular flexibility index (Phi) is 2.83. The molecule has 2 fully saturated rings. The van der Waals surface area contributed by atoms with Crippen LogP contribution in [0.1, 0.15) is 37.7 Å². The van der Waals surface area contributed by atoms with Gasteiger partial charge in [0.15, 0.2) is 0 Å². The van der Waals surface area contributed by atoms with E-state index in [9.17, 15) is 0 Å². The van der Waals surface area contributed by atoms with E-state index in [0.717, 1.165) is 18.3 Å². The molecule has 2 aliphatic carbocycles. The van der Waals surface area contributed by atoms with Crippen LogP contribution in [-0.4, -0.2) is 19.7 Å². The maximum absolute atomic E-state index is 5.23. The Hall–Kier alpha value is -1.02. The highest BCUT2D eigenvalue weighted by molar-refractivity contribution is 5.34. The molecule has 17 heavy (non-hydrogen) atoms. The summed E-state index contributed by atoms with van der Waals surface area (Å²) in [5, 5.41) is 3.70. The highest BCUT2D eigenvalue weighted by Crippen LogP contribution is 2.44. The number of ether oxygens (including phenoxy) is 1. The zero-order valence-corrected chi connectivity index (χ0v) is 10.5. The molecule has 0 amide bonds. The molecular weight excluding hydrogens is 210 g/mol. The first-order chi connectivity index (χ1) is 8.32. The second-order valence-corrected chi connectivity index (χ2v) is 5.52. The molecule has 1 aromatic rings. The van der Waals surface area contributed by atoms with Crippen molar-refractivity contribution in [2.75, 3.05) is 13.7 Å². The van der Waals surface area contributed by atoms with Crippen LogP contribution in [0.3, 0.4) is 0 Å². The van der Waals surface area contributed by atoms with Crippen LogP contribution >= 0.6 is 0 Å². The van der Waals surface area contributed by atoms with Crippen molar-refractivity contribution in [1.29, 1.82) is 0 Å². The molecule has 92 valence electrons. The van der Waals surface area contributed by atoms with Gasteiger partial charge in [-0.15, -0.1) is 0 Å². The second-order valence-electron chi connectivity index (χ2n) is 5.52. The Labute approximate surface area is 103 Å². The van der Waals surface area contributed by atoms with Crippen molar-refractivity contribution in [3.63, 3.8) is 0 Å². The van der Waals surface area contributed by atoms with Gasteiger partial charge in [-0.1, -0.05) is 18.6 Å². The first kappa shape index (κ1) is 11.1. The maximum atomic E-state index is 5.23. The molecule has 0 aliphatic heterocycles.